The van der Waals surface area contributed by atoms with Crippen molar-refractivity contribution in [2.24, 2.45) is 34.6 Å². The van der Waals surface area contributed by atoms with Crippen molar-refractivity contribution in [3.63, 3.8) is 0 Å². The van der Waals surface area contributed by atoms with E-state index in [0.29, 0.717) is 17.8 Å². The Bertz CT molecular complexity index is 504. The first kappa shape index (κ1) is 15.8. The third kappa shape index (κ3) is 2.87. The molecule has 2 aliphatic carbocycles. The second-order valence-corrected chi connectivity index (χ2v) is 8.06. The lowest BCUT2D eigenvalue weighted by Crippen LogP contribution is -2.44. The summed E-state index contributed by atoms with van der Waals surface area (Å²) < 4.78 is 0. The molecule has 0 amide bonds. The first-order valence-corrected chi connectivity index (χ1v) is 9.09. The zero-order valence-corrected chi connectivity index (χ0v) is 14.5. The number of nitrogens with zero attached hydrogens (tertiary/aromatic N) is 1. The molecule has 3 rings (SSSR count). The van der Waals surface area contributed by atoms with Crippen molar-refractivity contribution in [2.45, 2.75) is 58.4 Å². The van der Waals surface area contributed by atoms with Crippen molar-refractivity contribution in [3.05, 3.63) is 36.5 Å². The maximum atomic E-state index is 5.05. The number of hydrogen-bond donors (Lipinski definition) is 0. The molecule has 4 unspecified atom stereocenters. The van der Waals surface area contributed by atoms with Crippen LogP contribution < -0.4 is 0 Å². The van der Waals surface area contributed by atoms with Crippen molar-refractivity contribution >= 4 is 6.21 Å². The van der Waals surface area contributed by atoms with Crippen LogP contribution in [0.2, 0.25) is 0 Å². The summed E-state index contributed by atoms with van der Waals surface area (Å²) in [7, 11) is 0. The molecule has 4 atom stereocenters. The highest BCUT2D eigenvalue weighted by molar-refractivity contribution is 5.82. The normalized spacial score (nSPS) is 44.3. The molecule has 0 saturated heterocycles. The smallest absolute Gasteiger partial charge is 0.0614 e. The minimum absolute atomic E-state index is 0.118. The Balaban J connectivity index is 1.72. The van der Waals surface area contributed by atoms with Gasteiger partial charge >= 0.3 is 0 Å². The fourth-order valence-corrected chi connectivity index (χ4v) is 4.93. The first-order chi connectivity index (χ1) is 10.5. The lowest BCUT2D eigenvalue weighted by molar-refractivity contribution is 0.155. The average molecular weight is 297 g/mol. The second kappa shape index (κ2) is 6.18. The molecule has 0 N–H and O–H groups in total. The minimum atomic E-state index is 0.118. The van der Waals surface area contributed by atoms with Gasteiger partial charge < -0.3 is 0 Å². The summed E-state index contributed by atoms with van der Waals surface area (Å²) in [5.74, 6) is 3.52. The van der Waals surface area contributed by atoms with Gasteiger partial charge in [0.2, 0.25) is 0 Å². The first-order valence-electron chi connectivity index (χ1n) is 9.09. The zero-order chi connectivity index (χ0) is 15.7. The summed E-state index contributed by atoms with van der Waals surface area (Å²) in [5.41, 5.74) is 1.56. The Hall–Kier alpha value is -1.11. The molecule has 0 radical (unpaired) electrons. The summed E-state index contributed by atoms with van der Waals surface area (Å²) in [6.07, 6.45) is 17.8. The highest BCUT2D eigenvalue weighted by Gasteiger charge is 2.43. The quantitative estimate of drug-likeness (QED) is 0.602. The zero-order valence-electron chi connectivity index (χ0n) is 14.5. The predicted molar refractivity (Wildman–Crippen MR) is 96.2 cm³/mol. The highest BCUT2D eigenvalue weighted by Crippen LogP contribution is 2.46. The molecule has 0 aromatic heterocycles. The molecule has 1 fully saturated rings. The lowest BCUT2D eigenvalue weighted by atomic mass is 9.63. The van der Waals surface area contributed by atoms with Crippen LogP contribution >= 0.6 is 0 Å². The van der Waals surface area contributed by atoms with Crippen LogP contribution in [0.1, 0.15) is 52.9 Å². The molecular weight excluding hydrogens is 266 g/mol. The van der Waals surface area contributed by atoms with Crippen molar-refractivity contribution < 1.29 is 0 Å². The monoisotopic (exact) mass is 297 g/mol. The number of fused-ring (bicyclic) bond motifs is 1. The molecular formula is C21H31N. The maximum Gasteiger partial charge on any atom is 0.0614 e. The van der Waals surface area contributed by atoms with Crippen LogP contribution in [0.4, 0.5) is 0 Å². The van der Waals surface area contributed by atoms with E-state index in [9.17, 15) is 0 Å². The Labute approximate surface area is 136 Å². The van der Waals surface area contributed by atoms with E-state index in [0.717, 1.165) is 11.8 Å². The van der Waals surface area contributed by atoms with E-state index in [1.165, 1.54) is 37.7 Å². The Morgan fingerprint density at radius 1 is 1.27 bits per heavy atom. The van der Waals surface area contributed by atoms with Crippen molar-refractivity contribution in [3.8, 4) is 0 Å². The van der Waals surface area contributed by atoms with E-state index >= 15 is 0 Å². The minimum Gasteiger partial charge on any atom is -0.286 e. The summed E-state index contributed by atoms with van der Waals surface area (Å²) in [6.45, 7) is 11.2. The van der Waals surface area contributed by atoms with Crippen molar-refractivity contribution in [1.82, 2.24) is 0 Å². The molecule has 1 heterocycles. The molecule has 22 heavy (non-hydrogen) atoms. The van der Waals surface area contributed by atoms with Crippen LogP contribution in [-0.2, 0) is 0 Å². The fourth-order valence-electron chi connectivity index (χ4n) is 4.93. The molecule has 1 aliphatic heterocycles. The van der Waals surface area contributed by atoms with Gasteiger partial charge in [0.25, 0.3) is 0 Å². The number of aliphatic imine (C=N–C) groups is 1. The third-order valence-corrected chi connectivity index (χ3v) is 6.61. The van der Waals surface area contributed by atoms with Gasteiger partial charge in [-0.25, -0.2) is 0 Å². The molecule has 0 aromatic rings. The summed E-state index contributed by atoms with van der Waals surface area (Å²) >= 11 is 0. The molecule has 1 saturated carbocycles. The van der Waals surface area contributed by atoms with Crippen molar-refractivity contribution in [1.29, 1.82) is 0 Å². The van der Waals surface area contributed by atoms with Gasteiger partial charge in [-0.05, 0) is 74.2 Å². The number of hydrogen-bond acceptors (Lipinski definition) is 1. The van der Waals surface area contributed by atoms with Crippen molar-refractivity contribution in [2.75, 3.05) is 0 Å². The van der Waals surface area contributed by atoms with Crippen LogP contribution in [0.15, 0.2) is 41.4 Å². The standard InChI is InChI=1S/C21H31N/c1-5-17-9-11-18(12-10-17)13-21(4)16(3)20-15(2)7-6-8-19(20)14-22-21/h5-8,14-18,20H,1,9-13H2,2-4H3. The second-order valence-electron chi connectivity index (χ2n) is 8.06. The molecule has 120 valence electrons. The van der Waals surface area contributed by atoms with Gasteiger partial charge in [-0.2, -0.15) is 0 Å². The van der Waals surface area contributed by atoms with Gasteiger partial charge in [0, 0.05) is 6.21 Å². The highest BCUT2D eigenvalue weighted by atomic mass is 14.9. The number of rotatable bonds is 3. The van der Waals surface area contributed by atoms with Crippen LogP contribution in [0.3, 0.4) is 0 Å². The Kier molecular flexibility index (Phi) is 4.43. The molecule has 0 aromatic carbocycles. The SMILES string of the molecule is C=CC1CCC(CC2(C)N=CC3=CC=CC(C)C3C2C)CC1. The molecule has 0 bridgehead atoms. The largest absolute Gasteiger partial charge is 0.286 e. The summed E-state index contributed by atoms with van der Waals surface area (Å²) in [5, 5.41) is 0. The molecule has 1 nitrogen and oxygen atoms in total. The van der Waals surface area contributed by atoms with Crippen LogP contribution in [0.5, 0.6) is 0 Å². The van der Waals surface area contributed by atoms with Gasteiger partial charge in [-0.1, -0.05) is 38.2 Å². The van der Waals surface area contributed by atoms with E-state index in [4.69, 9.17) is 4.99 Å². The van der Waals surface area contributed by atoms with E-state index in [1.54, 1.807) is 0 Å². The average Bonchev–Trinajstić information content (AvgIpc) is 2.52. The van der Waals surface area contributed by atoms with Gasteiger partial charge in [0.05, 0.1) is 5.54 Å². The Morgan fingerprint density at radius 3 is 2.68 bits per heavy atom. The van der Waals surface area contributed by atoms with E-state index in [-0.39, 0.29) is 5.54 Å². The lowest BCUT2D eigenvalue weighted by Gasteiger charge is -2.46. The third-order valence-electron chi connectivity index (χ3n) is 6.61. The van der Waals surface area contributed by atoms with E-state index < -0.39 is 0 Å². The van der Waals surface area contributed by atoms with E-state index in [1.807, 2.05) is 0 Å². The van der Waals surface area contributed by atoms with Gasteiger partial charge in [-0.3, -0.25) is 4.99 Å². The topological polar surface area (TPSA) is 12.4 Å². The predicted octanol–water partition coefficient (Wildman–Crippen LogP) is 5.60. The Morgan fingerprint density at radius 2 is 2.00 bits per heavy atom. The molecule has 1 heteroatoms. The molecule has 3 aliphatic rings. The molecule has 0 spiro atoms. The van der Waals surface area contributed by atoms with Gasteiger partial charge in [0.15, 0.2) is 0 Å². The maximum absolute atomic E-state index is 5.05. The van der Waals surface area contributed by atoms with Crippen LogP contribution in [0, 0.1) is 29.6 Å². The van der Waals surface area contributed by atoms with Gasteiger partial charge in [0.1, 0.15) is 0 Å². The fraction of sp³-hybridized carbons (Fsp3) is 0.667. The summed E-state index contributed by atoms with van der Waals surface area (Å²) in [4.78, 5) is 5.05. The van der Waals surface area contributed by atoms with Gasteiger partial charge in [-0.15, -0.1) is 6.58 Å². The number of allylic oxidation sites excluding steroid dienone is 5. The van der Waals surface area contributed by atoms with Crippen LogP contribution in [-0.4, -0.2) is 11.8 Å². The van der Waals surface area contributed by atoms with E-state index in [2.05, 4.69) is 57.9 Å². The van der Waals surface area contributed by atoms with Crippen LogP contribution in [0.25, 0.3) is 0 Å². The summed E-state index contributed by atoms with van der Waals surface area (Å²) in [6, 6.07) is 0.